The summed E-state index contributed by atoms with van der Waals surface area (Å²) in [7, 11) is 0. The number of allylic oxidation sites excluding steroid dienone is 5. The Morgan fingerprint density at radius 1 is 1.32 bits per heavy atom. The van der Waals surface area contributed by atoms with Crippen LogP contribution in [0.15, 0.2) is 59.5 Å². The first-order chi connectivity index (χ1) is 9.35. The fraction of sp³-hybridized carbons (Fsp3) is 0.167. The van der Waals surface area contributed by atoms with Crippen molar-refractivity contribution in [2.45, 2.75) is 6.42 Å². The third-order valence-electron chi connectivity index (χ3n) is 4.41. The van der Waals surface area contributed by atoms with Gasteiger partial charge in [-0.15, -0.1) is 0 Å². The Morgan fingerprint density at radius 2 is 2.21 bits per heavy atom. The number of rotatable bonds is 2. The van der Waals surface area contributed by atoms with Gasteiger partial charge in [0.1, 0.15) is 6.29 Å². The van der Waals surface area contributed by atoms with E-state index in [2.05, 4.69) is 41.8 Å². The molecule has 0 aromatic heterocycles. The predicted octanol–water partition coefficient (Wildman–Crippen LogP) is 3.55. The maximum atomic E-state index is 11.4. The molecular formula is C18H12O. The maximum Gasteiger partial charge on any atom is 0.128 e. The van der Waals surface area contributed by atoms with Crippen LogP contribution in [0.3, 0.4) is 0 Å². The van der Waals surface area contributed by atoms with Gasteiger partial charge in [0.05, 0.1) is 5.92 Å². The highest BCUT2D eigenvalue weighted by atomic mass is 16.1. The van der Waals surface area contributed by atoms with Gasteiger partial charge >= 0.3 is 0 Å². The lowest BCUT2D eigenvalue weighted by molar-refractivity contribution is -0.113. The highest BCUT2D eigenvalue weighted by Gasteiger charge is 2.53. The van der Waals surface area contributed by atoms with E-state index in [1.807, 2.05) is 18.2 Å². The molecule has 1 aromatic carbocycles. The van der Waals surface area contributed by atoms with Crippen molar-refractivity contribution in [3.8, 4) is 0 Å². The molecule has 1 fully saturated rings. The minimum Gasteiger partial charge on any atom is -0.303 e. The van der Waals surface area contributed by atoms with Gasteiger partial charge in [0.15, 0.2) is 0 Å². The summed E-state index contributed by atoms with van der Waals surface area (Å²) in [5, 5.41) is 0. The van der Waals surface area contributed by atoms with Crippen molar-refractivity contribution in [2.24, 2.45) is 11.3 Å². The minimum atomic E-state index is -0.191. The van der Waals surface area contributed by atoms with E-state index in [-0.39, 0.29) is 11.3 Å². The fourth-order valence-corrected chi connectivity index (χ4v) is 3.43. The molecule has 2 atom stereocenters. The van der Waals surface area contributed by atoms with Gasteiger partial charge in [-0.1, -0.05) is 59.5 Å². The molecule has 0 saturated heterocycles. The Kier molecular flexibility index (Phi) is 2.00. The molecule has 19 heavy (non-hydrogen) atoms. The molecule has 0 N–H and O–H groups in total. The van der Waals surface area contributed by atoms with Crippen LogP contribution in [0.1, 0.15) is 17.5 Å². The molecule has 1 aromatic rings. The molecule has 5 rings (SSSR count). The van der Waals surface area contributed by atoms with Crippen LogP contribution in [-0.2, 0) is 4.79 Å². The summed E-state index contributed by atoms with van der Waals surface area (Å²) in [5.74, 6) is -0.0204. The number of hydrogen-bond donors (Lipinski definition) is 0. The van der Waals surface area contributed by atoms with Crippen LogP contribution in [0.5, 0.6) is 0 Å². The topological polar surface area (TPSA) is 17.1 Å². The lowest BCUT2D eigenvalue weighted by Gasteiger charge is -2.50. The second-order valence-electron chi connectivity index (χ2n) is 5.31. The zero-order valence-corrected chi connectivity index (χ0v) is 10.4. The molecule has 1 saturated carbocycles. The molecule has 90 valence electrons. The predicted molar refractivity (Wildman–Crippen MR) is 75.2 cm³/mol. The van der Waals surface area contributed by atoms with Crippen LogP contribution in [0.4, 0.5) is 0 Å². The van der Waals surface area contributed by atoms with Crippen molar-refractivity contribution >= 4 is 17.9 Å². The Bertz CT molecular complexity index is 750. The average molecular weight is 244 g/mol. The van der Waals surface area contributed by atoms with E-state index in [0.717, 1.165) is 23.8 Å². The van der Waals surface area contributed by atoms with Crippen LogP contribution in [0.2, 0.25) is 0 Å². The molecule has 1 heteroatoms. The zero-order valence-electron chi connectivity index (χ0n) is 10.4. The van der Waals surface area contributed by atoms with Crippen molar-refractivity contribution < 1.29 is 4.79 Å². The molecule has 4 aliphatic rings. The van der Waals surface area contributed by atoms with E-state index in [1.165, 1.54) is 11.1 Å². The number of carbonyl (C=O) groups excluding carboxylic acids is 1. The third-order valence-corrected chi connectivity index (χ3v) is 4.41. The normalized spacial score (nSPS) is 29.2. The summed E-state index contributed by atoms with van der Waals surface area (Å²) in [6.45, 7) is 0. The van der Waals surface area contributed by atoms with Gasteiger partial charge in [-0.3, -0.25) is 0 Å². The number of hydrogen-bond acceptors (Lipinski definition) is 1. The van der Waals surface area contributed by atoms with E-state index in [0.29, 0.717) is 0 Å². The second kappa shape index (κ2) is 3.59. The number of carbonyl (C=O) groups is 1. The van der Waals surface area contributed by atoms with Crippen LogP contribution >= 0.6 is 0 Å². The first kappa shape index (κ1) is 10.6. The molecule has 1 nitrogen and oxygen atoms in total. The van der Waals surface area contributed by atoms with E-state index in [9.17, 15) is 4.79 Å². The smallest absolute Gasteiger partial charge is 0.128 e. The molecule has 0 aliphatic heterocycles. The maximum absolute atomic E-state index is 11.4. The molecule has 4 aliphatic carbocycles. The Hall–Kier alpha value is -2.33. The second-order valence-corrected chi connectivity index (χ2v) is 5.31. The standard InChI is InChI=1S/C18H12O/c19-12-17-14-7-4-10-18(17,11-14)16-9-3-6-13-5-1-2-8-15(13)16/h1-2,4-8,10,12,17H,11H2. The van der Waals surface area contributed by atoms with Gasteiger partial charge in [0.25, 0.3) is 0 Å². The summed E-state index contributed by atoms with van der Waals surface area (Å²) >= 11 is 0. The van der Waals surface area contributed by atoms with Crippen LogP contribution in [0.25, 0.3) is 11.6 Å². The van der Waals surface area contributed by atoms with Gasteiger partial charge in [0.2, 0.25) is 0 Å². The average Bonchev–Trinajstić information content (AvgIpc) is 2.47. The number of fused-ring (bicyclic) bond motifs is 2. The molecule has 2 unspecified atom stereocenters. The van der Waals surface area contributed by atoms with Crippen molar-refractivity contribution in [1.29, 1.82) is 0 Å². The van der Waals surface area contributed by atoms with E-state index < -0.39 is 0 Å². The lowest BCUT2D eigenvalue weighted by atomic mass is 9.51. The van der Waals surface area contributed by atoms with Gasteiger partial charge in [-0.2, -0.15) is 0 Å². The Morgan fingerprint density at radius 3 is 3.05 bits per heavy atom. The van der Waals surface area contributed by atoms with Crippen LogP contribution in [0, 0.1) is 11.3 Å². The van der Waals surface area contributed by atoms with Gasteiger partial charge < -0.3 is 4.79 Å². The lowest BCUT2D eigenvalue weighted by Crippen LogP contribution is -2.44. The van der Waals surface area contributed by atoms with E-state index >= 15 is 0 Å². The van der Waals surface area contributed by atoms with Gasteiger partial charge in [0, 0.05) is 11.0 Å². The molecule has 2 bridgehead atoms. The minimum absolute atomic E-state index is 0.0204. The quantitative estimate of drug-likeness (QED) is 0.574. The summed E-state index contributed by atoms with van der Waals surface area (Å²) < 4.78 is 0. The SMILES string of the molecule is O=CC1C2=CC=CC1(C1=C=C=Cc3ccccc31)C2. The van der Waals surface area contributed by atoms with Crippen molar-refractivity contribution in [3.05, 3.63) is 70.7 Å². The van der Waals surface area contributed by atoms with Gasteiger partial charge in [-0.25, -0.2) is 0 Å². The number of aldehydes is 1. The third kappa shape index (κ3) is 1.24. The molecule has 0 amide bonds. The van der Waals surface area contributed by atoms with Crippen molar-refractivity contribution in [2.75, 3.05) is 0 Å². The van der Waals surface area contributed by atoms with Crippen LogP contribution in [-0.4, -0.2) is 6.29 Å². The molecule has 0 heterocycles. The fourth-order valence-electron chi connectivity index (χ4n) is 3.43. The molecule has 0 spiro atoms. The largest absolute Gasteiger partial charge is 0.303 e. The number of benzene rings is 1. The molecular weight excluding hydrogens is 232 g/mol. The van der Waals surface area contributed by atoms with Gasteiger partial charge in [-0.05, 0) is 23.6 Å². The first-order valence-corrected chi connectivity index (χ1v) is 6.50. The van der Waals surface area contributed by atoms with E-state index in [1.54, 1.807) is 0 Å². The first-order valence-electron chi connectivity index (χ1n) is 6.50. The highest BCUT2D eigenvalue weighted by molar-refractivity contribution is 5.87. The van der Waals surface area contributed by atoms with Crippen LogP contribution < -0.4 is 0 Å². The molecule has 0 radical (unpaired) electrons. The summed E-state index contributed by atoms with van der Waals surface area (Å²) in [6, 6.07) is 8.25. The summed E-state index contributed by atoms with van der Waals surface area (Å²) in [5.41, 5.74) is 10.9. The Balaban J connectivity index is 1.93. The highest BCUT2D eigenvalue weighted by Crippen LogP contribution is 2.60. The van der Waals surface area contributed by atoms with Crippen molar-refractivity contribution in [3.63, 3.8) is 0 Å². The summed E-state index contributed by atoms with van der Waals surface area (Å²) in [4.78, 5) is 11.4. The Labute approximate surface area is 112 Å². The summed E-state index contributed by atoms with van der Waals surface area (Å²) in [6.07, 6.45) is 10.3. The van der Waals surface area contributed by atoms with Crippen molar-refractivity contribution in [1.82, 2.24) is 0 Å². The monoisotopic (exact) mass is 244 g/mol. The zero-order chi connectivity index (χ0) is 12.9. The van der Waals surface area contributed by atoms with E-state index in [4.69, 9.17) is 0 Å².